The van der Waals surface area contributed by atoms with Crippen molar-refractivity contribution in [3.05, 3.63) is 53.4 Å². The quantitative estimate of drug-likeness (QED) is 0.860. The van der Waals surface area contributed by atoms with Crippen molar-refractivity contribution in [3.63, 3.8) is 0 Å². The lowest BCUT2D eigenvalue weighted by Crippen LogP contribution is -2.27. The van der Waals surface area contributed by atoms with E-state index in [-0.39, 0.29) is 11.7 Å². The first-order valence-corrected chi connectivity index (χ1v) is 7.76. The van der Waals surface area contributed by atoms with E-state index in [0.717, 1.165) is 30.8 Å². The number of carbonyl (C=O) groups is 1. The SMILES string of the molecule is COCCNC(=O)c1cn2c(n1)CC[C@@H](c1ccc(F)cc1)C2. The van der Waals surface area contributed by atoms with Crippen LogP contribution >= 0.6 is 0 Å². The highest BCUT2D eigenvalue weighted by Gasteiger charge is 2.23. The number of aromatic nitrogens is 2. The van der Waals surface area contributed by atoms with Crippen LogP contribution in [-0.2, 0) is 17.7 Å². The lowest BCUT2D eigenvalue weighted by molar-refractivity contribution is 0.0932. The minimum Gasteiger partial charge on any atom is -0.383 e. The third-order valence-electron chi connectivity index (χ3n) is 4.16. The molecule has 0 fully saturated rings. The molecule has 0 spiro atoms. The highest BCUT2D eigenvalue weighted by atomic mass is 19.1. The van der Waals surface area contributed by atoms with Gasteiger partial charge in [0, 0.05) is 38.7 Å². The number of nitrogens with zero attached hydrogens (tertiary/aromatic N) is 2. The number of nitrogens with one attached hydrogen (secondary N) is 1. The van der Waals surface area contributed by atoms with Crippen molar-refractivity contribution in [2.45, 2.75) is 25.3 Å². The third-order valence-corrected chi connectivity index (χ3v) is 4.16. The number of hydrogen-bond donors (Lipinski definition) is 1. The fraction of sp³-hybridized carbons (Fsp3) is 0.412. The van der Waals surface area contributed by atoms with Gasteiger partial charge in [0.1, 0.15) is 17.3 Å². The first-order chi connectivity index (χ1) is 11.2. The number of fused-ring (bicyclic) bond motifs is 1. The predicted molar refractivity (Wildman–Crippen MR) is 83.9 cm³/mol. The average molecular weight is 317 g/mol. The lowest BCUT2D eigenvalue weighted by atomic mass is 9.92. The van der Waals surface area contributed by atoms with Gasteiger partial charge in [0.05, 0.1) is 6.61 Å². The maximum Gasteiger partial charge on any atom is 0.271 e. The van der Waals surface area contributed by atoms with Gasteiger partial charge >= 0.3 is 0 Å². The highest BCUT2D eigenvalue weighted by Crippen LogP contribution is 2.28. The topological polar surface area (TPSA) is 56.1 Å². The van der Waals surface area contributed by atoms with Crippen molar-refractivity contribution in [1.82, 2.24) is 14.9 Å². The van der Waals surface area contributed by atoms with Crippen LogP contribution in [0.2, 0.25) is 0 Å². The van der Waals surface area contributed by atoms with Crippen molar-refractivity contribution < 1.29 is 13.9 Å². The van der Waals surface area contributed by atoms with Crippen LogP contribution in [-0.4, -0.2) is 35.7 Å². The number of rotatable bonds is 5. The summed E-state index contributed by atoms with van der Waals surface area (Å²) in [6.07, 6.45) is 3.56. The van der Waals surface area contributed by atoms with Crippen molar-refractivity contribution >= 4 is 5.91 Å². The van der Waals surface area contributed by atoms with Gasteiger partial charge in [-0.2, -0.15) is 0 Å². The van der Waals surface area contributed by atoms with E-state index in [2.05, 4.69) is 10.3 Å². The first-order valence-electron chi connectivity index (χ1n) is 7.76. The Morgan fingerprint density at radius 3 is 2.96 bits per heavy atom. The second-order valence-corrected chi connectivity index (χ2v) is 5.73. The normalized spacial score (nSPS) is 16.9. The van der Waals surface area contributed by atoms with Crippen molar-refractivity contribution in [2.75, 3.05) is 20.3 Å². The van der Waals surface area contributed by atoms with E-state index >= 15 is 0 Å². The monoisotopic (exact) mass is 317 g/mol. The number of aryl methyl sites for hydroxylation is 1. The van der Waals surface area contributed by atoms with Gasteiger partial charge in [0.15, 0.2) is 0 Å². The van der Waals surface area contributed by atoms with Gasteiger partial charge in [-0.3, -0.25) is 4.79 Å². The molecule has 0 saturated carbocycles. The van der Waals surface area contributed by atoms with Crippen LogP contribution in [0.15, 0.2) is 30.5 Å². The summed E-state index contributed by atoms with van der Waals surface area (Å²) in [5.74, 6) is 0.854. The number of halogens is 1. The molecule has 0 aliphatic carbocycles. The van der Waals surface area contributed by atoms with Crippen LogP contribution < -0.4 is 5.32 Å². The molecule has 3 rings (SSSR count). The van der Waals surface area contributed by atoms with Gasteiger partial charge in [-0.05, 0) is 24.1 Å². The van der Waals surface area contributed by atoms with Gasteiger partial charge in [-0.1, -0.05) is 12.1 Å². The molecular formula is C17H20FN3O2. The molecule has 1 N–H and O–H groups in total. The van der Waals surface area contributed by atoms with Crippen LogP contribution in [0.3, 0.4) is 0 Å². The fourth-order valence-electron chi connectivity index (χ4n) is 2.92. The Morgan fingerprint density at radius 1 is 1.43 bits per heavy atom. The predicted octanol–water partition coefficient (Wildman–Crippen LogP) is 2.13. The van der Waals surface area contributed by atoms with E-state index < -0.39 is 0 Å². The molecule has 5 nitrogen and oxygen atoms in total. The Kier molecular flexibility index (Phi) is 4.71. The Labute approximate surface area is 134 Å². The molecule has 2 aromatic rings. The zero-order valence-electron chi connectivity index (χ0n) is 13.1. The van der Waals surface area contributed by atoms with E-state index in [1.54, 1.807) is 13.3 Å². The number of amides is 1. The largest absolute Gasteiger partial charge is 0.383 e. The zero-order valence-corrected chi connectivity index (χ0v) is 13.1. The molecule has 2 heterocycles. The smallest absolute Gasteiger partial charge is 0.271 e. The molecule has 1 aromatic carbocycles. The molecule has 1 atom stereocenters. The Bertz CT molecular complexity index is 682. The zero-order chi connectivity index (χ0) is 16.2. The minimum atomic E-state index is -0.220. The van der Waals surface area contributed by atoms with E-state index in [4.69, 9.17) is 4.74 Å². The fourth-order valence-corrected chi connectivity index (χ4v) is 2.92. The molecule has 1 aliphatic heterocycles. The van der Waals surface area contributed by atoms with E-state index in [0.29, 0.717) is 24.8 Å². The number of carbonyl (C=O) groups excluding carboxylic acids is 1. The standard InChI is InChI=1S/C17H20FN3O2/c1-23-9-8-19-17(22)15-11-21-10-13(4-7-16(21)20-15)12-2-5-14(18)6-3-12/h2-3,5-6,11,13H,4,7-10H2,1H3,(H,19,22)/t13-/m1/s1. The summed E-state index contributed by atoms with van der Waals surface area (Å²) in [4.78, 5) is 16.5. The van der Waals surface area contributed by atoms with Gasteiger partial charge in [0.25, 0.3) is 5.91 Å². The summed E-state index contributed by atoms with van der Waals surface area (Å²) in [6.45, 7) is 1.71. The minimum absolute atomic E-state index is 0.178. The van der Waals surface area contributed by atoms with Gasteiger partial charge < -0.3 is 14.6 Å². The molecule has 0 unspecified atom stereocenters. The molecule has 6 heteroatoms. The summed E-state index contributed by atoms with van der Waals surface area (Å²) in [6, 6.07) is 6.65. The molecule has 0 saturated heterocycles. The van der Waals surface area contributed by atoms with E-state index in [9.17, 15) is 9.18 Å². The average Bonchev–Trinajstić information content (AvgIpc) is 2.99. The molecule has 1 amide bonds. The molecule has 23 heavy (non-hydrogen) atoms. The van der Waals surface area contributed by atoms with Gasteiger partial charge in [-0.15, -0.1) is 0 Å². The van der Waals surface area contributed by atoms with Crippen LogP contribution in [0.25, 0.3) is 0 Å². The summed E-state index contributed by atoms with van der Waals surface area (Å²) < 4.78 is 20.0. The molecular weight excluding hydrogens is 297 g/mol. The van der Waals surface area contributed by atoms with Crippen molar-refractivity contribution in [2.24, 2.45) is 0 Å². The highest BCUT2D eigenvalue weighted by molar-refractivity contribution is 5.92. The number of ether oxygens (including phenoxy) is 1. The number of hydrogen-bond acceptors (Lipinski definition) is 3. The summed E-state index contributed by atoms with van der Waals surface area (Å²) >= 11 is 0. The number of methoxy groups -OCH3 is 1. The van der Waals surface area contributed by atoms with Crippen LogP contribution in [0, 0.1) is 5.82 Å². The van der Waals surface area contributed by atoms with Crippen LogP contribution in [0.4, 0.5) is 4.39 Å². The molecule has 1 aliphatic rings. The molecule has 0 radical (unpaired) electrons. The number of imidazole rings is 1. The lowest BCUT2D eigenvalue weighted by Gasteiger charge is -2.24. The third kappa shape index (κ3) is 3.59. The maximum atomic E-state index is 13.0. The summed E-state index contributed by atoms with van der Waals surface area (Å²) in [7, 11) is 1.59. The Balaban J connectivity index is 1.69. The van der Waals surface area contributed by atoms with Crippen LogP contribution in [0.5, 0.6) is 0 Å². The van der Waals surface area contributed by atoms with Gasteiger partial charge in [-0.25, -0.2) is 9.37 Å². The Morgan fingerprint density at radius 2 is 2.22 bits per heavy atom. The number of benzene rings is 1. The van der Waals surface area contributed by atoms with E-state index in [1.807, 2.05) is 16.7 Å². The first kappa shape index (κ1) is 15.7. The van der Waals surface area contributed by atoms with E-state index in [1.165, 1.54) is 12.1 Å². The van der Waals surface area contributed by atoms with Crippen molar-refractivity contribution in [3.8, 4) is 0 Å². The molecule has 122 valence electrons. The Hall–Kier alpha value is -2.21. The summed E-state index contributed by atoms with van der Waals surface area (Å²) in [5.41, 5.74) is 1.56. The maximum absolute atomic E-state index is 13.0. The second-order valence-electron chi connectivity index (χ2n) is 5.73. The van der Waals surface area contributed by atoms with Crippen molar-refractivity contribution in [1.29, 1.82) is 0 Å². The molecule has 1 aromatic heterocycles. The van der Waals surface area contributed by atoms with Gasteiger partial charge in [0.2, 0.25) is 0 Å². The van der Waals surface area contributed by atoms with Crippen LogP contribution in [0.1, 0.15) is 34.2 Å². The molecule has 0 bridgehead atoms. The summed E-state index contributed by atoms with van der Waals surface area (Å²) in [5, 5.41) is 2.78. The second kappa shape index (κ2) is 6.91.